The summed E-state index contributed by atoms with van der Waals surface area (Å²) in [6.45, 7) is 3.06. The first-order valence-corrected chi connectivity index (χ1v) is 5.63. The molecule has 1 aromatic rings. The van der Waals surface area contributed by atoms with Gasteiger partial charge in [-0.25, -0.2) is 0 Å². The third-order valence-electron chi connectivity index (χ3n) is 1.67. The molecular weight excluding hydrogens is 234 g/mol. The molecule has 0 fully saturated rings. The number of hydrogen-bond donors (Lipinski definition) is 0. The SMILES string of the molecule is C=CCOS(=O)(=O)c1ccccc1[N+](=O)[O-]. The molecule has 0 saturated carbocycles. The van der Waals surface area contributed by atoms with Gasteiger partial charge < -0.3 is 0 Å². The highest BCUT2D eigenvalue weighted by Gasteiger charge is 2.25. The second-order valence-electron chi connectivity index (χ2n) is 2.75. The molecule has 86 valence electrons. The Hall–Kier alpha value is -1.73. The Labute approximate surface area is 92.4 Å². The number of hydrogen-bond acceptors (Lipinski definition) is 5. The Balaban J connectivity index is 3.22. The lowest BCUT2D eigenvalue weighted by Crippen LogP contribution is -2.08. The van der Waals surface area contributed by atoms with Gasteiger partial charge in [-0.1, -0.05) is 18.2 Å². The van der Waals surface area contributed by atoms with Gasteiger partial charge in [-0.15, -0.1) is 6.58 Å². The zero-order valence-electron chi connectivity index (χ0n) is 8.20. The maximum Gasteiger partial charge on any atom is 0.304 e. The number of nitro groups is 1. The first-order valence-electron chi connectivity index (χ1n) is 4.23. The largest absolute Gasteiger partial charge is 0.304 e. The molecule has 0 spiro atoms. The van der Waals surface area contributed by atoms with Crippen LogP contribution in [0.2, 0.25) is 0 Å². The van der Waals surface area contributed by atoms with Crippen molar-refractivity contribution in [3.63, 3.8) is 0 Å². The molecule has 6 nitrogen and oxygen atoms in total. The van der Waals surface area contributed by atoms with E-state index in [0.717, 1.165) is 12.1 Å². The van der Waals surface area contributed by atoms with Crippen LogP contribution in [0.1, 0.15) is 0 Å². The Morgan fingerprint density at radius 3 is 2.62 bits per heavy atom. The van der Waals surface area contributed by atoms with E-state index in [2.05, 4.69) is 10.8 Å². The molecule has 7 heteroatoms. The van der Waals surface area contributed by atoms with Gasteiger partial charge in [0.1, 0.15) is 0 Å². The van der Waals surface area contributed by atoms with E-state index < -0.39 is 25.6 Å². The lowest BCUT2D eigenvalue weighted by atomic mass is 10.3. The predicted octanol–water partition coefficient (Wildman–Crippen LogP) is 1.49. The van der Waals surface area contributed by atoms with Crippen LogP contribution in [0.3, 0.4) is 0 Å². The summed E-state index contributed by atoms with van der Waals surface area (Å²) in [5.74, 6) is 0. The molecule has 0 saturated heterocycles. The van der Waals surface area contributed by atoms with Crippen molar-refractivity contribution in [3.8, 4) is 0 Å². The highest BCUT2D eigenvalue weighted by atomic mass is 32.2. The minimum absolute atomic E-state index is 0.228. The molecule has 0 radical (unpaired) electrons. The highest BCUT2D eigenvalue weighted by Crippen LogP contribution is 2.24. The van der Waals surface area contributed by atoms with Crippen LogP contribution in [0.15, 0.2) is 41.8 Å². The molecule has 0 N–H and O–H groups in total. The molecular formula is C9H9NO5S. The minimum Gasteiger partial charge on any atom is -0.262 e. The molecule has 1 rings (SSSR count). The van der Waals surface area contributed by atoms with Crippen molar-refractivity contribution in [2.24, 2.45) is 0 Å². The summed E-state index contributed by atoms with van der Waals surface area (Å²) in [6, 6.07) is 4.99. The second kappa shape index (κ2) is 4.86. The van der Waals surface area contributed by atoms with E-state index in [1.54, 1.807) is 0 Å². The topological polar surface area (TPSA) is 86.5 Å². The molecule has 0 amide bonds. The average molecular weight is 243 g/mol. The first-order chi connectivity index (χ1) is 7.49. The van der Waals surface area contributed by atoms with E-state index >= 15 is 0 Å². The minimum atomic E-state index is -4.11. The third-order valence-corrected chi connectivity index (χ3v) is 3.00. The molecule has 0 aromatic heterocycles. The van der Waals surface area contributed by atoms with Gasteiger partial charge in [-0.2, -0.15) is 8.42 Å². The van der Waals surface area contributed by atoms with E-state index in [-0.39, 0.29) is 6.61 Å². The van der Waals surface area contributed by atoms with Crippen molar-refractivity contribution in [2.75, 3.05) is 6.61 Å². The normalized spacial score (nSPS) is 11.0. The fourth-order valence-electron chi connectivity index (χ4n) is 1.02. The molecule has 0 unspecified atom stereocenters. The summed E-state index contributed by atoms with van der Waals surface area (Å²) in [4.78, 5) is 9.38. The summed E-state index contributed by atoms with van der Waals surface area (Å²) in [5, 5.41) is 10.6. The van der Waals surface area contributed by atoms with Crippen LogP contribution in [0.4, 0.5) is 5.69 Å². The summed E-state index contributed by atoms with van der Waals surface area (Å²) < 4.78 is 27.6. The molecule has 0 atom stereocenters. The Morgan fingerprint density at radius 1 is 1.44 bits per heavy atom. The fourth-order valence-corrected chi connectivity index (χ4v) is 2.07. The average Bonchev–Trinajstić information content (AvgIpc) is 2.26. The van der Waals surface area contributed by atoms with E-state index in [1.807, 2.05) is 0 Å². The van der Waals surface area contributed by atoms with Crippen molar-refractivity contribution in [3.05, 3.63) is 47.0 Å². The number of nitro benzene ring substituents is 1. The molecule has 0 heterocycles. The van der Waals surface area contributed by atoms with E-state index in [1.165, 1.54) is 18.2 Å². The molecule has 0 aliphatic heterocycles. The van der Waals surface area contributed by atoms with Crippen LogP contribution < -0.4 is 0 Å². The van der Waals surface area contributed by atoms with Crippen LogP contribution >= 0.6 is 0 Å². The lowest BCUT2D eigenvalue weighted by molar-refractivity contribution is -0.387. The van der Waals surface area contributed by atoms with Crippen LogP contribution in [-0.2, 0) is 14.3 Å². The van der Waals surface area contributed by atoms with Gasteiger partial charge in [-0.3, -0.25) is 14.3 Å². The summed E-state index contributed by atoms with van der Waals surface area (Å²) >= 11 is 0. The van der Waals surface area contributed by atoms with Gasteiger partial charge in [0.2, 0.25) is 0 Å². The standard InChI is InChI=1S/C9H9NO5S/c1-2-7-15-16(13,14)9-6-4-3-5-8(9)10(11)12/h2-6H,1,7H2. The quantitative estimate of drug-likeness (QED) is 0.338. The van der Waals surface area contributed by atoms with Crippen molar-refractivity contribution < 1.29 is 17.5 Å². The molecule has 1 aromatic carbocycles. The Morgan fingerprint density at radius 2 is 2.06 bits per heavy atom. The third kappa shape index (κ3) is 2.65. The number of nitrogens with zero attached hydrogens (tertiary/aromatic N) is 1. The summed E-state index contributed by atoms with van der Waals surface area (Å²) in [6.07, 6.45) is 1.24. The smallest absolute Gasteiger partial charge is 0.262 e. The van der Waals surface area contributed by atoms with Crippen LogP contribution in [0.5, 0.6) is 0 Å². The predicted molar refractivity (Wildman–Crippen MR) is 56.4 cm³/mol. The first kappa shape index (κ1) is 12.3. The lowest BCUT2D eigenvalue weighted by Gasteiger charge is -2.03. The molecule has 0 bridgehead atoms. The van der Waals surface area contributed by atoms with Crippen molar-refractivity contribution in [1.82, 2.24) is 0 Å². The second-order valence-corrected chi connectivity index (χ2v) is 4.34. The summed E-state index contributed by atoms with van der Waals surface area (Å²) in [5.41, 5.74) is -0.508. The summed E-state index contributed by atoms with van der Waals surface area (Å²) in [7, 11) is -4.11. The zero-order valence-corrected chi connectivity index (χ0v) is 9.01. The van der Waals surface area contributed by atoms with Crippen molar-refractivity contribution >= 4 is 15.8 Å². The molecule has 0 aliphatic rings. The molecule has 0 aliphatic carbocycles. The zero-order chi connectivity index (χ0) is 12.2. The number of para-hydroxylation sites is 1. The van der Waals surface area contributed by atoms with Gasteiger partial charge in [0.15, 0.2) is 4.90 Å². The monoisotopic (exact) mass is 243 g/mol. The van der Waals surface area contributed by atoms with E-state index in [4.69, 9.17) is 0 Å². The number of rotatable bonds is 5. The van der Waals surface area contributed by atoms with Crippen LogP contribution in [0, 0.1) is 10.1 Å². The maximum atomic E-state index is 11.5. The highest BCUT2D eigenvalue weighted by molar-refractivity contribution is 7.87. The van der Waals surface area contributed by atoms with Crippen molar-refractivity contribution in [2.45, 2.75) is 4.90 Å². The van der Waals surface area contributed by atoms with Gasteiger partial charge in [0.25, 0.3) is 5.69 Å². The van der Waals surface area contributed by atoms with Gasteiger partial charge in [0, 0.05) is 6.07 Å². The van der Waals surface area contributed by atoms with Crippen LogP contribution in [0.25, 0.3) is 0 Å². The Bertz CT molecular complexity index is 508. The van der Waals surface area contributed by atoms with Crippen LogP contribution in [-0.4, -0.2) is 19.9 Å². The molecule has 16 heavy (non-hydrogen) atoms. The van der Waals surface area contributed by atoms with Gasteiger partial charge in [-0.05, 0) is 6.07 Å². The Kier molecular flexibility index (Phi) is 3.75. The van der Waals surface area contributed by atoms with Gasteiger partial charge in [0.05, 0.1) is 11.5 Å². The van der Waals surface area contributed by atoms with E-state index in [0.29, 0.717) is 0 Å². The van der Waals surface area contributed by atoms with E-state index in [9.17, 15) is 18.5 Å². The van der Waals surface area contributed by atoms with Gasteiger partial charge >= 0.3 is 10.1 Å². The fraction of sp³-hybridized carbons (Fsp3) is 0.111. The number of benzene rings is 1. The van der Waals surface area contributed by atoms with Crippen molar-refractivity contribution in [1.29, 1.82) is 0 Å². The maximum absolute atomic E-state index is 11.5.